The van der Waals surface area contributed by atoms with Crippen LogP contribution in [0.15, 0.2) is 12.4 Å². The number of amidine groups is 1. The number of nitrogens with one attached hydrogen (secondary N) is 1. The van der Waals surface area contributed by atoms with Crippen molar-refractivity contribution in [2.45, 2.75) is 39.4 Å². The van der Waals surface area contributed by atoms with Crippen molar-refractivity contribution in [1.29, 1.82) is 5.41 Å². The molecule has 0 amide bonds. The van der Waals surface area contributed by atoms with Crippen molar-refractivity contribution in [1.82, 2.24) is 14.7 Å². The van der Waals surface area contributed by atoms with Gasteiger partial charge in [-0.2, -0.15) is 5.10 Å². The molecule has 0 spiro atoms. The number of hydrogen-bond donors (Lipinski definition) is 2. The largest absolute Gasteiger partial charge is 0.388 e. The Labute approximate surface area is 96.7 Å². The second-order valence-corrected chi connectivity index (χ2v) is 4.20. The van der Waals surface area contributed by atoms with Crippen LogP contribution in [0.25, 0.3) is 0 Å². The molecule has 0 saturated carbocycles. The molecule has 0 aromatic carbocycles. The van der Waals surface area contributed by atoms with Crippen LogP contribution in [0.4, 0.5) is 0 Å². The highest BCUT2D eigenvalue weighted by atomic mass is 15.3. The van der Waals surface area contributed by atoms with E-state index in [0.29, 0.717) is 6.42 Å². The molecule has 1 aromatic rings. The summed E-state index contributed by atoms with van der Waals surface area (Å²) in [6, 6.07) is 0.280. The Hall–Kier alpha value is -1.36. The number of nitrogens with two attached hydrogens (primary N) is 1. The first-order valence-corrected chi connectivity index (χ1v) is 5.57. The second kappa shape index (κ2) is 5.65. The van der Waals surface area contributed by atoms with E-state index in [1.165, 1.54) is 5.56 Å². The fourth-order valence-electron chi connectivity index (χ4n) is 1.58. The quantitative estimate of drug-likeness (QED) is 0.559. The van der Waals surface area contributed by atoms with E-state index in [-0.39, 0.29) is 11.9 Å². The summed E-state index contributed by atoms with van der Waals surface area (Å²) < 4.78 is 1.92. The molecule has 0 fully saturated rings. The van der Waals surface area contributed by atoms with E-state index >= 15 is 0 Å². The lowest BCUT2D eigenvalue weighted by Gasteiger charge is -2.23. The Kier molecular flexibility index (Phi) is 4.49. The maximum atomic E-state index is 7.27. The SMILES string of the molecule is CCn1cc(CN(C)C(C)CC(=N)N)cn1. The Morgan fingerprint density at radius 1 is 1.69 bits per heavy atom. The Morgan fingerprint density at radius 2 is 2.38 bits per heavy atom. The van der Waals surface area contributed by atoms with Gasteiger partial charge in [0.2, 0.25) is 0 Å². The predicted octanol–water partition coefficient (Wildman–Crippen LogP) is 1.05. The standard InChI is InChI=1S/C11H21N5/c1-4-16-8-10(6-14-16)7-15(3)9(2)5-11(12)13/h6,8-9H,4-5,7H2,1-3H3,(H3,12,13). The zero-order valence-corrected chi connectivity index (χ0v) is 10.3. The molecule has 1 rings (SSSR count). The van der Waals surface area contributed by atoms with Gasteiger partial charge in [0, 0.05) is 37.3 Å². The summed E-state index contributed by atoms with van der Waals surface area (Å²) in [5.74, 6) is 0.239. The monoisotopic (exact) mass is 223 g/mol. The van der Waals surface area contributed by atoms with E-state index in [9.17, 15) is 0 Å². The van der Waals surface area contributed by atoms with Gasteiger partial charge in [-0.05, 0) is 20.9 Å². The first kappa shape index (κ1) is 12.7. The molecule has 1 aromatic heterocycles. The van der Waals surface area contributed by atoms with Gasteiger partial charge >= 0.3 is 0 Å². The highest BCUT2D eigenvalue weighted by Crippen LogP contribution is 2.07. The van der Waals surface area contributed by atoms with Gasteiger partial charge in [0.1, 0.15) is 0 Å². The third kappa shape index (κ3) is 3.66. The molecule has 5 heteroatoms. The normalized spacial score (nSPS) is 13.0. The molecule has 0 radical (unpaired) electrons. The molecular weight excluding hydrogens is 202 g/mol. The van der Waals surface area contributed by atoms with Crippen LogP contribution in [0, 0.1) is 5.41 Å². The maximum absolute atomic E-state index is 7.27. The van der Waals surface area contributed by atoms with Gasteiger partial charge < -0.3 is 5.73 Å². The van der Waals surface area contributed by atoms with Gasteiger partial charge in [0.15, 0.2) is 0 Å². The molecule has 5 nitrogen and oxygen atoms in total. The van der Waals surface area contributed by atoms with Crippen molar-refractivity contribution in [3.8, 4) is 0 Å². The summed E-state index contributed by atoms with van der Waals surface area (Å²) in [5, 5.41) is 11.5. The molecule has 0 aliphatic heterocycles. The molecule has 1 heterocycles. The van der Waals surface area contributed by atoms with Crippen molar-refractivity contribution in [2.24, 2.45) is 5.73 Å². The van der Waals surface area contributed by atoms with Crippen molar-refractivity contribution in [3.05, 3.63) is 18.0 Å². The summed E-state index contributed by atoms with van der Waals surface area (Å²) in [5.41, 5.74) is 6.58. The van der Waals surface area contributed by atoms with Crippen LogP contribution in [0.1, 0.15) is 25.8 Å². The van der Waals surface area contributed by atoms with Gasteiger partial charge in [-0.3, -0.25) is 15.0 Å². The van der Waals surface area contributed by atoms with Crippen LogP contribution < -0.4 is 5.73 Å². The first-order chi connectivity index (χ1) is 7.52. The summed E-state index contributed by atoms with van der Waals surface area (Å²) in [6.07, 6.45) is 4.55. The molecular formula is C11H21N5. The third-order valence-corrected chi connectivity index (χ3v) is 2.71. The summed E-state index contributed by atoms with van der Waals surface area (Å²) in [4.78, 5) is 2.18. The summed E-state index contributed by atoms with van der Waals surface area (Å²) >= 11 is 0. The van der Waals surface area contributed by atoms with Crippen molar-refractivity contribution in [2.75, 3.05) is 7.05 Å². The highest BCUT2D eigenvalue weighted by molar-refractivity contribution is 5.77. The van der Waals surface area contributed by atoms with Crippen LogP contribution >= 0.6 is 0 Å². The average molecular weight is 223 g/mol. The first-order valence-electron chi connectivity index (χ1n) is 5.57. The Balaban J connectivity index is 2.49. The van der Waals surface area contributed by atoms with Gasteiger partial charge in [-0.25, -0.2) is 0 Å². The van der Waals surface area contributed by atoms with Gasteiger partial charge in [-0.15, -0.1) is 0 Å². The van der Waals surface area contributed by atoms with E-state index in [4.69, 9.17) is 11.1 Å². The average Bonchev–Trinajstić information content (AvgIpc) is 2.64. The van der Waals surface area contributed by atoms with Crippen LogP contribution in [-0.4, -0.2) is 33.6 Å². The molecule has 0 bridgehead atoms. The van der Waals surface area contributed by atoms with Crippen molar-refractivity contribution in [3.63, 3.8) is 0 Å². The lowest BCUT2D eigenvalue weighted by atomic mass is 10.2. The third-order valence-electron chi connectivity index (χ3n) is 2.71. The minimum Gasteiger partial charge on any atom is -0.388 e. The van der Waals surface area contributed by atoms with E-state index in [0.717, 1.165) is 13.1 Å². The zero-order chi connectivity index (χ0) is 12.1. The lowest BCUT2D eigenvalue weighted by molar-refractivity contribution is 0.254. The van der Waals surface area contributed by atoms with Crippen molar-refractivity contribution < 1.29 is 0 Å². The van der Waals surface area contributed by atoms with Gasteiger partial charge in [-0.1, -0.05) is 0 Å². The van der Waals surface area contributed by atoms with E-state index in [2.05, 4.69) is 30.0 Å². The number of rotatable bonds is 6. The molecule has 3 N–H and O–H groups in total. The van der Waals surface area contributed by atoms with E-state index in [1.807, 2.05) is 17.9 Å². The predicted molar refractivity (Wildman–Crippen MR) is 65.4 cm³/mol. The maximum Gasteiger partial charge on any atom is 0.0920 e. The Morgan fingerprint density at radius 3 is 2.88 bits per heavy atom. The summed E-state index contributed by atoms with van der Waals surface area (Å²) in [6.45, 7) is 5.88. The molecule has 0 saturated heterocycles. The number of aromatic nitrogens is 2. The Bertz CT molecular complexity index is 344. The number of hydrogen-bond acceptors (Lipinski definition) is 3. The van der Waals surface area contributed by atoms with E-state index in [1.54, 1.807) is 0 Å². The number of nitrogens with zero attached hydrogens (tertiary/aromatic N) is 3. The minimum absolute atomic E-state index is 0.239. The lowest BCUT2D eigenvalue weighted by Crippen LogP contribution is -2.32. The fourth-order valence-corrected chi connectivity index (χ4v) is 1.58. The fraction of sp³-hybridized carbons (Fsp3) is 0.636. The summed E-state index contributed by atoms with van der Waals surface area (Å²) in [7, 11) is 2.04. The zero-order valence-electron chi connectivity index (χ0n) is 10.3. The van der Waals surface area contributed by atoms with Crippen LogP contribution in [0.3, 0.4) is 0 Å². The minimum atomic E-state index is 0.239. The highest BCUT2D eigenvalue weighted by Gasteiger charge is 2.11. The van der Waals surface area contributed by atoms with Gasteiger partial charge in [0.05, 0.1) is 12.0 Å². The molecule has 16 heavy (non-hydrogen) atoms. The second-order valence-electron chi connectivity index (χ2n) is 4.20. The number of aryl methyl sites for hydroxylation is 1. The van der Waals surface area contributed by atoms with E-state index < -0.39 is 0 Å². The van der Waals surface area contributed by atoms with Crippen LogP contribution in [0.5, 0.6) is 0 Å². The van der Waals surface area contributed by atoms with Gasteiger partial charge in [0.25, 0.3) is 0 Å². The molecule has 90 valence electrons. The van der Waals surface area contributed by atoms with Crippen LogP contribution in [-0.2, 0) is 13.1 Å². The smallest absolute Gasteiger partial charge is 0.0920 e. The van der Waals surface area contributed by atoms with Crippen LogP contribution in [0.2, 0.25) is 0 Å². The molecule has 0 aliphatic rings. The van der Waals surface area contributed by atoms with Crippen molar-refractivity contribution >= 4 is 5.84 Å². The molecule has 1 unspecified atom stereocenters. The molecule has 1 atom stereocenters. The molecule has 0 aliphatic carbocycles. The topological polar surface area (TPSA) is 70.9 Å².